The molecule has 0 amide bonds. The lowest BCUT2D eigenvalue weighted by atomic mass is 9.99. The SMILES string of the molecule is c1ccc(-c2ccc(-c3ccc(N(c4ccc(-c5ccccc5)cc4)c4cc5nc(-c6ccc(-c7ccccc7)cc6)oc5c5ccccc45)cc3)cc2)cc1. The molecule has 10 rings (SSSR count). The van der Waals surface area contributed by atoms with Crippen molar-refractivity contribution in [2.24, 2.45) is 0 Å². The van der Waals surface area contributed by atoms with Crippen molar-refractivity contribution >= 4 is 38.9 Å². The molecule has 0 unspecified atom stereocenters. The molecule has 0 N–H and O–H groups in total. The molecular formula is C53H36N2O. The quantitative estimate of drug-likeness (QED) is 0.157. The Labute approximate surface area is 326 Å². The van der Waals surface area contributed by atoms with Crippen molar-refractivity contribution in [2.75, 3.05) is 4.90 Å². The maximum absolute atomic E-state index is 6.60. The molecule has 9 aromatic carbocycles. The van der Waals surface area contributed by atoms with Crippen molar-refractivity contribution in [3.63, 3.8) is 0 Å². The van der Waals surface area contributed by atoms with Crippen molar-refractivity contribution in [1.29, 1.82) is 0 Å². The van der Waals surface area contributed by atoms with E-state index >= 15 is 0 Å². The summed E-state index contributed by atoms with van der Waals surface area (Å²) in [6.07, 6.45) is 0. The predicted molar refractivity (Wildman–Crippen MR) is 233 cm³/mol. The third kappa shape index (κ3) is 6.31. The lowest BCUT2D eigenvalue weighted by Gasteiger charge is -2.27. The third-order valence-electron chi connectivity index (χ3n) is 10.5. The minimum atomic E-state index is 0.600. The van der Waals surface area contributed by atoms with Gasteiger partial charge in [0.2, 0.25) is 5.89 Å². The van der Waals surface area contributed by atoms with Gasteiger partial charge < -0.3 is 9.32 Å². The Kier molecular flexibility index (Phi) is 8.51. The molecule has 56 heavy (non-hydrogen) atoms. The van der Waals surface area contributed by atoms with E-state index in [2.05, 4.69) is 217 Å². The number of rotatable bonds is 8. The van der Waals surface area contributed by atoms with E-state index in [1.54, 1.807) is 0 Å². The van der Waals surface area contributed by atoms with Crippen LogP contribution in [0.5, 0.6) is 0 Å². The Hall–Kier alpha value is -7.49. The third-order valence-corrected chi connectivity index (χ3v) is 10.5. The van der Waals surface area contributed by atoms with E-state index in [0.29, 0.717) is 5.89 Å². The molecule has 0 fully saturated rings. The van der Waals surface area contributed by atoms with Crippen LogP contribution in [0.4, 0.5) is 17.1 Å². The number of nitrogens with zero attached hydrogens (tertiary/aromatic N) is 2. The first-order valence-corrected chi connectivity index (χ1v) is 18.9. The molecule has 10 aromatic rings. The summed E-state index contributed by atoms with van der Waals surface area (Å²) in [5.74, 6) is 0.600. The van der Waals surface area contributed by atoms with Crippen molar-refractivity contribution in [3.8, 4) is 56.0 Å². The first-order valence-electron chi connectivity index (χ1n) is 18.9. The monoisotopic (exact) mass is 716 g/mol. The van der Waals surface area contributed by atoms with Crippen LogP contribution in [0.25, 0.3) is 77.8 Å². The standard InChI is InChI=1S/C53H36N2O/c1-4-12-37(13-5-1)40-20-22-42(23-21-40)44-30-34-47(35-31-44)55(46-32-28-43(29-33-46)39-16-8-3-9-17-39)51-36-50-52(49-19-11-10-18-48(49)51)56-53(54-50)45-26-24-41(25-27-45)38-14-6-2-7-15-38/h1-36H. The fraction of sp³-hybridized carbons (Fsp3) is 0. The fourth-order valence-electron chi connectivity index (χ4n) is 7.63. The van der Waals surface area contributed by atoms with Crippen LogP contribution >= 0.6 is 0 Å². The molecule has 1 aromatic heterocycles. The summed E-state index contributed by atoms with van der Waals surface area (Å²) >= 11 is 0. The highest BCUT2D eigenvalue weighted by molar-refractivity contribution is 6.12. The highest BCUT2D eigenvalue weighted by atomic mass is 16.3. The molecule has 0 atom stereocenters. The van der Waals surface area contributed by atoms with E-state index in [-0.39, 0.29) is 0 Å². The number of oxazole rings is 1. The van der Waals surface area contributed by atoms with Gasteiger partial charge >= 0.3 is 0 Å². The normalized spacial score (nSPS) is 11.2. The van der Waals surface area contributed by atoms with Crippen molar-refractivity contribution in [2.45, 2.75) is 0 Å². The van der Waals surface area contributed by atoms with Gasteiger partial charge in [-0.15, -0.1) is 0 Å². The van der Waals surface area contributed by atoms with Crippen LogP contribution in [-0.4, -0.2) is 4.98 Å². The molecule has 0 saturated carbocycles. The minimum Gasteiger partial charge on any atom is -0.435 e. The molecular weight excluding hydrogens is 681 g/mol. The fourth-order valence-corrected chi connectivity index (χ4v) is 7.63. The summed E-state index contributed by atoms with van der Waals surface area (Å²) in [7, 11) is 0. The van der Waals surface area contributed by atoms with Gasteiger partial charge in [-0.1, -0.05) is 176 Å². The molecule has 0 spiro atoms. The summed E-state index contributed by atoms with van der Waals surface area (Å²) in [4.78, 5) is 7.44. The van der Waals surface area contributed by atoms with Crippen LogP contribution in [0.1, 0.15) is 0 Å². The van der Waals surface area contributed by atoms with Crippen molar-refractivity contribution < 1.29 is 4.42 Å². The van der Waals surface area contributed by atoms with E-state index < -0.39 is 0 Å². The minimum absolute atomic E-state index is 0.600. The summed E-state index contributed by atoms with van der Waals surface area (Å²) in [5.41, 5.74) is 15.1. The molecule has 1 heterocycles. The van der Waals surface area contributed by atoms with Gasteiger partial charge in [0, 0.05) is 27.7 Å². The summed E-state index contributed by atoms with van der Waals surface area (Å²) in [5, 5.41) is 2.09. The maximum Gasteiger partial charge on any atom is 0.227 e. The highest BCUT2D eigenvalue weighted by Gasteiger charge is 2.21. The summed E-state index contributed by atoms with van der Waals surface area (Å²) in [6, 6.07) is 77.0. The zero-order chi connectivity index (χ0) is 37.3. The van der Waals surface area contributed by atoms with E-state index in [4.69, 9.17) is 9.40 Å². The Morgan fingerprint density at radius 3 is 1.09 bits per heavy atom. The molecule has 0 bridgehead atoms. The second kappa shape index (κ2) is 14.4. The lowest BCUT2D eigenvalue weighted by molar-refractivity contribution is 0.623. The number of anilines is 3. The van der Waals surface area contributed by atoms with E-state index in [9.17, 15) is 0 Å². The van der Waals surface area contributed by atoms with Crippen molar-refractivity contribution in [1.82, 2.24) is 4.98 Å². The average Bonchev–Trinajstić information content (AvgIpc) is 3.73. The highest BCUT2D eigenvalue weighted by Crippen LogP contribution is 2.43. The second-order valence-electron chi connectivity index (χ2n) is 14.0. The summed E-state index contributed by atoms with van der Waals surface area (Å²) < 4.78 is 6.60. The number of hydrogen-bond donors (Lipinski definition) is 0. The van der Waals surface area contributed by atoms with Gasteiger partial charge in [0.15, 0.2) is 5.58 Å². The van der Waals surface area contributed by atoms with Gasteiger partial charge in [0.25, 0.3) is 0 Å². The number of hydrogen-bond acceptors (Lipinski definition) is 3. The Morgan fingerprint density at radius 2 is 0.661 bits per heavy atom. The largest absolute Gasteiger partial charge is 0.435 e. The van der Waals surface area contributed by atoms with Crippen LogP contribution in [-0.2, 0) is 0 Å². The molecule has 0 aliphatic rings. The first-order chi connectivity index (χ1) is 27.7. The van der Waals surface area contributed by atoms with Crippen LogP contribution < -0.4 is 4.90 Å². The molecule has 0 aliphatic heterocycles. The zero-order valence-electron chi connectivity index (χ0n) is 30.6. The van der Waals surface area contributed by atoms with Gasteiger partial charge in [-0.05, 0) is 87.0 Å². The van der Waals surface area contributed by atoms with E-state index in [1.165, 1.54) is 33.4 Å². The van der Waals surface area contributed by atoms with Gasteiger partial charge in [0.1, 0.15) is 5.52 Å². The molecule has 0 aliphatic carbocycles. The summed E-state index contributed by atoms with van der Waals surface area (Å²) in [6.45, 7) is 0. The van der Waals surface area contributed by atoms with Gasteiger partial charge in [0.05, 0.1) is 5.69 Å². The number of fused-ring (bicyclic) bond motifs is 3. The zero-order valence-corrected chi connectivity index (χ0v) is 30.6. The van der Waals surface area contributed by atoms with Gasteiger partial charge in [-0.25, -0.2) is 4.98 Å². The Balaban J connectivity index is 1.07. The Morgan fingerprint density at radius 1 is 0.321 bits per heavy atom. The Bertz CT molecular complexity index is 2900. The number of benzene rings is 9. The van der Waals surface area contributed by atoms with Crippen LogP contribution in [0.2, 0.25) is 0 Å². The maximum atomic E-state index is 6.60. The lowest BCUT2D eigenvalue weighted by Crippen LogP contribution is -2.10. The van der Waals surface area contributed by atoms with Gasteiger partial charge in [-0.3, -0.25) is 0 Å². The first kappa shape index (κ1) is 33.1. The topological polar surface area (TPSA) is 29.3 Å². The predicted octanol–water partition coefficient (Wildman–Crippen LogP) is 14.8. The number of aromatic nitrogens is 1. The van der Waals surface area contributed by atoms with Gasteiger partial charge in [-0.2, -0.15) is 0 Å². The molecule has 3 heteroatoms. The second-order valence-corrected chi connectivity index (χ2v) is 14.0. The average molecular weight is 717 g/mol. The molecule has 0 radical (unpaired) electrons. The molecule has 3 nitrogen and oxygen atoms in total. The van der Waals surface area contributed by atoms with Crippen LogP contribution in [0.15, 0.2) is 223 Å². The van der Waals surface area contributed by atoms with E-state index in [1.807, 2.05) is 6.07 Å². The smallest absolute Gasteiger partial charge is 0.227 e. The molecule has 0 saturated heterocycles. The van der Waals surface area contributed by atoms with Crippen LogP contribution in [0.3, 0.4) is 0 Å². The molecule has 264 valence electrons. The van der Waals surface area contributed by atoms with E-state index in [0.717, 1.165) is 55.6 Å². The van der Waals surface area contributed by atoms with Crippen LogP contribution in [0, 0.1) is 0 Å². The van der Waals surface area contributed by atoms with Crippen molar-refractivity contribution in [3.05, 3.63) is 218 Å².